The van der Waals surface area contributed by atoms with Crippen LogP contribution in [0.1, 0.15) is 19.4 Å². The Morgan fingerprint density at radius 1 is 1.35 bits per heavy atom. The molecule has 0 amide bonds. The number of fused-ring (bicyclic) bond motifs is 1. The molecule has 0 unspecified atom stereocenters. The smallest absolute Gasteiger partial charge is 0.231 e. The number of hydrogen-bond acceptors (Lipinski definition) is 4. The maximum Gasteiger partial charge on any atom is 0.231 e. The Morgan fingerprint density at radius 3 is 2.76 bits per heavy atom. The Balaban J connectivity index is 1.92. The van der Waals surface area contributed by atoms with Crippen LogP contribution in [0.3, 0.4) is 0 Å². The molecule has 1 aromatic carbocycles. The molecule has 0 spiro atoms. The van der Waals surface area contributed by atoms with Gasteiger partial charge in [0.15, 0.2) is 11.5 Å². The molecule has 0 atom stereocenters. The molecular weight excluding hydrogens is 286 g/mol. The summed E-state index contributed by atoms with van der Waals surface area (Å²) in [5.74, 6) is 2.08. The van der Waals surface area contributed by atoms with Crippen molar-refractivity contribution in [3.8, 4) is 11.5 Å². The van der Waals surface area contributed by atoms with Crippen LogP contribution >= 0.6 is 15.9 Å². The molecule has 0 aliphatic carbocycles. The first kappa shape index (κ1) is 12.7. The Hall–Kier alpha value is -0.780. The maximum atomic E-state index is 5.33. The first-order chi connectivity index (χ1) is 8.16. The summed E-state index contributed by atoms with van der Waals surface area (Å²) < 4.78 is 11.6. The molecular formula is C12H16BrNO3. The van der Waals surface area contributed by atoms with E-state index in [9.17, 15) is 0 Å². The van der Waals surface area contributed by atoms with Crippen LogP contribution in [-0.2, 0) is 11.4 Å². The van der Waals surface area contributed by atoms with Crippen LogP contribution in [0.2, 0.25) is 0 Å². The Bertz CT molecular complexity index is 396. The molecule has 1 heterocycles. The molecule has 94 valence electrons. The van der Waals surface area contributed by atoms with Crippen molar-refractivity contribution in [3.63, 3.8) is 0 Å². The normalized spacial score (nSPS) is 13.4. The van der Waals surface area contributed by atoms with Gasteiger partial charge in [0.05, 0.1) is 6.61 Å². The van der Waals surface area contributed by atoms with Gasteiger partial charge in [-0.1, -0.05) is 29.8 Å². The fourth-order valence-corrected chi connectivity index (χ4v) is 1.91. The summed E-state index contributed by atoms with van der Waals surface area (Å²) in [6.45, 7) is 5.84. The highest BCUT2D eigenvalue weighted by atomic mass is 79.9. The van der Waals surface area contributed by atoms with Crippen LogP contribution in [0.5, 0.6) is 11.5 Å². The van der Waals surface area contributed by atoms with Crippen LogP contribution < -0.4 is 15.0 Å². The van der Waals surface area contributed by atoms with Crippen molar-refractivity contribution in [2.45, 2.75) is 20.4 Å². The third-order valence-corrected chi connectivity index (χ3v) is 3.06. The zero-order valence-corrected chi connectivity index (χ0v) is 11.5. The molecule has 1 aliphatic heterocycles. The van der Waals surface area contributed by atoms with Gasteiger partial charge >= 0.3 is 0 Å². The van der Waals surface area contributed by atoms with E-state index in [4.69, 9.17) is 14.3 Å². The summed E-state index contributed by atoms with van der Waals surface area (Å²) in [6.07, 6.45) is 0. The Morgan fingerprint density at radius 2 is 2.06 bits per heavy atom. The predicted octanol–water partition coefficient (Wildman–Crippen LogP) is 2.86. The van der Waals surface area contributed by atoms with Gasteiger partial charge in [0.2, 0.25) is 6.79 Å². The standard InChI is InChI=1S/C12H16BrNO3/c1-8(2)6-17-14-5-9-3-11-12(4-10(9)13)16-7-15-11/h3-4,8,14H,5-7H2,1-2H3. The SMILES string of the molecule is CC(C)CONCc1cc2c(cc1Br)OCO2. The lowest BCUT2D eigenvalue weighted by molar-refractivity contribution is 0.0195. The van der Waals surface area contributed by atoms with Gasteiger partial charge in [-0.15, -0.1) is 0 Å². The number of hydrogen-bond donors (Lipinski definition) is 1. The van der Waals surface area contributed by atoms with Crippen LogP contribution in [0, 0.1) is 5.92 Å². The Labute approximate surface area is 109 Å². The number of hydroxylamine groups is 1. The number of halogens is 1. The minimum atomic E-state index is 0.294. The summed E-state index contributed by atoms with van der Waals surface area (Å²) >= 11 is 3.50. The van der Waals surface area contributed by atoms with E-state index in [2.05, 4.69) is 35.3 Å². The van der Waals surface area contributed by atoms with E-state index in [-0.39, 0.29) is 0 Å². The molecule has 1 N–H and O–H groups in total. The van der Waals surface area contributed by atoms with Gasteiger partial charge in [0.25, 0.3) is 0 Å². The van der Waals surface area contributed by atoms with Gasteiger partial charge in [0, 0.05) is 11.0 Å². The largest absolute Gasteiger partial charge is 0.454 e. The summed E-state index contributed by atoms with van der Waals surface area (Å²) in [6, 6.07) is 3.87. The van der Waals surface area contributed by atoms with Crippen molar-refractivity contribution < 1.29 is 14.3 Å². The highest BCUT2D eigenvalue weighted by Gasteiger charge is 2.15. The zero-order valence-electron chi connectivity index (χ0n) is 9.96. The minimum Gasteiger partial charge on any atom is -0.454 e. The second-order valence-electron chi connectivity index (χ2n) is 4.32. The van der Waals surface area contributed by atoms with Gasteiger partial charge in [-0.3, -0.25) is 0 Å². The molecule has 17 heavy (non-hydrogen) atoms. The topological polar surface area (TPSA) is 39.7 Å². The predicted molar refractivity (Wildman–Crippen MR) is 67.9 cm³/mol. The van der Waals surface area contributed by atoms with Gasteiger partial charge in [-0.05, 0) is 23.6 Å². The van der Waals surface area contributed by atoms with E-state index in [1.54, 1.807) is 0 Å². The average molecular weight is 302 g/mol. The fraction of sp³-hybridized carbons (Fsp3) is 0.500. The van der Waals surface area contributed by atoms with E-state index >= 15 is 0 Å². The number of rotatable bonds is 5. The number of nitrogens with one attached hydrogen (secondary N) is 1. The molecule has 0 aromatic heterocycles. The fourth-order valence-electron chi connectivity index (χ4n) is 1.45. The molecule has 1 aromatic rings. The first-order valence-corrected chi connectivity index (χ1v) is 6.39. The molecule has 1 aliphatic rings. The van der Waals surface area contributed by atoms with Gasteiger partial charge in [-0.25, -0.2) is 0 Å². The molecule has 0 fully saturated rings. The van der Waals surface area contributed by atoms with E-state index in [1.807, 2.05) is 12.1 Å². The van der Waals surface area contributed by atoms with E-state index in [1.165, 1.54) is 0 Å². The van der Waals surface area contributed by atoms with Crippen molar-refractivity contribution in [2.24, 2.45) is 5.92 Å². The number of ether oxygens (including phenoxy) is 2. The van der Waals surface area contributed by atoms with E-state index in [0.29, 0.717) is 25.9 Å². The first-order valence-electron chi connectivity index (χ1n) is 5.59. The lowest BCUT2D eigenvalue weighted by Crippen LogP contribution is -2.17. The van der Waals surface area contributed by atoms with Crippen LogP contribution in [0.25, 0.3) is 0 Å². The third kappa shape index (κ3) is 3.34. The number of benzene rings is 1. The summed E-state index contributed by atoms with van der Waals surface area (Å²) in [4.78, 5) is 5.33. The molecule has 0 radical (unpaired) electrons. The summed E-state index contributed by atoms with van der Waals surface area (Å²) in [5.41, 5.74) is 4.02. The van der Waals surface area contributed by atoms with Crippen molar-refractivity contribution in [2.75, 3.05) is 13.4 Å². The monoisotopic (exact) mass is 301 g/mol. The van der Waals surface area contributed by atoms with Crippen molar-refractivity contribution >= 4 is 15.9 Å². The van der Waals surface area contributed by atoms with E-state index in [0.717, 1.165) is 21.5 Å². The van der Waals surface area contributed by atoms with Crippen LogP contribution in [-0.4, -0.2) is 13.4 Å². The minimum absolute atomic E-state index is 0.294. The van der Waals surface area contributed by atoms with Crippen molar-refractivity contribution in [1.82, 2.24) is 5.48 Å². The van der Waals surface area contributed by atoms with E-state index < -0.39 is 0 Å². The average Bonchev–Trinajstić information content (AvgIpc) is 2.71. The molecule has 2 rings (SSSR count). The van der Waals surface area contributed by atoms with Crippen molar-refractivity contribution in [1.29, 1.82) is 0 Å². The summed E-state index contributed by atoms with van der Waals surface area (Å²) in [7, 11) is 0. The molecule has 0 bridgehead atoms. The molecule has 4 nitrogen and oxygen atoms in total. The Kier molecular flexibility index (Phi) is 4.25. The highest BCUT2D eigenvalue weighted by Crippen LogP contribution is 2.36. The zero-order chi connectivity index (χ0) is 12.3. The van der Waals surface area contributed by atoms with Gasteiger partial charge < -0.3 is 14.3 Å². The maximum absolute atomic E-state index is 5.33. The summed E-state index contributed by atoms with van der Waals surface area (Å²) in [5, 5.41) is 0. The van der Waals surface area contributed by atoms with Crippen molar-refractivity contribution in [3.05, 3.63) is 22.2 Å². The second kappa shape index (κ2) is 5.71. The highest BCUT2D eigenvalue weighted by molar-refractivity contribution is 9.10. The third-order valence-electron chi connectivity index (χ3n) is 2.32. The lowest BCUT2D eigenvalue weighted by atomic mass is 10.2. The molecule has 0 saturated carbocycles. The van der Waals surface area contributed by atoms with Crippen LogP contribution in [0.4, 0.5) is 0 Å². The van der Waals surface area contributed by atoms with Gasteiger partial charge in [-0.2, -0.15) is 5.48 Å². The van der Waals surface area contributed by atoms with Gasteiger partial charge in [0.1, 0.15) is 0 Å². The molecule has 0 saturated heterocycles. The quantitative estimate of drug-likeness (QED) is 0.670. The molecule has 5 heteroatoms. The second-order valence-corrected chi connectivity index (χ2v) is 5.18. The van der Waals surface area contributed by atoms with Crippen LogP contribution in [0.15, 0.2) is 16.6 Å². The lowest BCUT2D eigenvalue weighted by Gasteiger charge is -2.10.